The molecule has 0 radical (unpaired) electrons. The highest BCUT2D eigenvalue weighted by Gasteiger charge is 2.52. The predicted octanol–water partition coefficient (Wildman–Crippen LogP) is 2.08. The minimum atomic E-state index is -4.21. The molecule has 0 aliphatic heterocycles. The number of nitrogens with zero attached hydrogens (tertiary/aromatic N) is 1. The molecule has 4 aliphatic rings. The molecule has 8 heteroatoms. The van der Waals surface area contributed by atoms with Crippen molar-refractivity contribution in [2.75, 3.05) is 6.54 Å². The number of H-pyrrole nitrogens is 1. The van der Waals surface area contributed by atoms with Crippen molar-refractivity contribution in [2.45, 2.75) is 56.8 Å². The number of hydrogen-bond acceptors (Lipinski definition) is 1. The molecule has 2 aromatic heterocycles. The van der Waals surface area contributed by atoms with Gasteiger partial charge in [0.25, 0.3) is 0 Å². The molecule has 0 saturated heterocycles. The number of imidazole rings is 1. The quantitative estimate of drug-likeness (QED) is 0.652. The monoisotopic (exact) mass is 408 g/mol. The minimum absolute atomic E-state index is 0.110. The molecule has 0 atom stereocenters. The van der Waals surface area contributed by atoms with Crippen LogP contribution in [0.1, 0.15) is 54.8 Å². The van der Waals surface area contributed by atoms with E-state index in [1.54, 1.807) is 10.6 Å². The van der Waals surface area contributed by atoms with Crippen LogP contribution in [0.4, 0.5) is 13.2 Å². The Morgan fingerprint density at radius 2 is 1.83 bits per heavy atom. The molecule has 2 aromatic rings. The Labute approximate surface area is 167 Å². The molecule has 0 unspecified atom stereocenters. The number of carbonyl (C=O) groups is 1. The third-order valence-electron chi connectivity index (χ3n) is 7.04. The molecule has 4 fully saturated rings. The van der Waals surface area contributed by atoms with Gasteiger partial charge in [0.05, 0.1) is 6.20 Å². The molecule has 4 saturated carbocycles. The number of nitrogens with two attached hydrogens (primary N) is 1. The van der Waals surface area contributed by atoms with E-state index in [0.29, 0.717) is 11.5 Å². The van der Waals surface area contributed by atoms with Crippen LogP contribution in [-0.4, -0.2) is 29.2 Å². The first-order chi connectivity index (χ1) is 13.8. The van der Waals surface area contributed by atoms with Crippen molar-refractivity contribution in [3.8, 4) is 0 Å². The average molecular weight is 408 g/mol. The van der Waals surface area contributed by atoms with Gasteiger partial charge in [0.1, 0.15) is 6.54 Å². The maximum atomic E-state index is 13.2. The molecule has 6 rings (SSSR count). The van der Waals surface area contributed by atoms with E-state index < -0.39 is 12.7 Å². The van der Waals surface area contributed by atoms with Gasteiger partial charge >= 0.3 is 17.9 Å². The maximum Gasteiger partial charge on any atom is 0.438 e. The fourth-order valence-corrected chi connectivity index (χ4v) is 6.42. The molecule has 2 heterocycles. The van der Waals surface area contributed by atoms with Gasteiger partial charge < -0.3 is 10.6 Å². The number of alkyl halides is 3. The lowest BCUT2D eigenvalue weighted by atomic mass is 9.53. The Kier molecular flexibility index (Phi) is 4.38. The van der Waals surface area contributed by atoms with Gasteiger partial charge in [-0.2, -0.15) is 17.6 Å². The summed E-state index contributed by atoms with van der Waals surface area (Å²) in [6.07, 6.45) is 4.64. The van der Waals surface area contributed by atoms with Gasteiger partial charge in [0.2, 0.25) is 5.69 Å². The molecule has 4 aliphatic carbocycles. The molecular formula is C21H27F3N4O+2. The van der Waals surface area contributed by atoms with Crippen molar-refractivity contribution in [3.05, 3.63) is 35.9 Å². The Hall–Kier alpha value is -2.09. The molecule has 29 heavy (non-hydrogen) atoms. The van der Waals surface area contributed by atoms with E-state index in [9.17, 15) is 18.0 Å². The lowest BCUT2D eigenvalue weighted by Gasteiger charge is -2.56. The van der Waals surface area contributed by atoms with Crippen molar-refractivity contribution in [2.24, 2.45) is 17.8 Å². The van der Waals surface area contributed by atoms with Crippen LogP contribution >= 0.6 is 0 Å². The highest BCUT2D eigenvalue weighted by molar-refractivity contribution is 5.90. The van der Waals surface area contributed by atoms with Crippen molar-refractivity contribution >= 4 is 11.4 Å². The maximum absolute atomic E-state index is 13.2. The zero-order valence-electron chi connectivity index (χ0n) is 16.3. The average Bonchev–Trinajstić information content (AvgIpc) is 2.98. The number of carbonyl (C=O) groups excluding carboxylic acids is 1. The minimum Gasteiger partial charge on any atom is -0.340 e. The number of fused-ring (bicyclic) bond motifs is 1. The predicted molar refractivity (Wildman–Crippen MR) is 98.9 cm³/mol. The molecule has 1 amide bonds. The molecule has 0 aromatic carbocycles. The van der Waals surface area contributed by atoms with Gasteiger partial charge in [-0.05, 0) is 68.4 Å². The van der Waals surface area contributed by atoms with Crippen molar-refractivity contribution < 1.29 is 27.7 Å². The lowest BCUT2D eigenvalue weighted by molar-refractivity contribution is -0.691. The number of halogens is 3. The van der Waals surface area contributed by atoms with Crippen LogP contribution in [0.15, 0.2) is 24.4 Å². The first-order valence-corrected chi connectivity index (χ1v) is 10.5. The number of aromatic amines is 1. The molecule has 156 valence electrons. The van der Waals surface area contributed by atoms with Crippen LogP contribution in [0.2, 0.25) is 0 Å². The Morgan fingerprint density at radius 1 is 1.17 bits per heavy atom. The van der Waals surface area contributed by atoms with Gasteiger partial charge in [-0.1, -0.05) is 6.07 Å². The lowest BCUT2D eigenvalue weighted by Crippen LogP contribution is -2.85. The number of rotatable bonds is 5. The van der Waals surface area contributed by atoms with Gasteiger partial charge in [-0.15, -0.1) is 0 Å². The molecule has 0 spiro atoms. The summed E-state index contributed by atoms with van der Waals surface area (Å²) in [6, 6.07) is 5.48. The molecule has 5 nitrogen and oxygen atoms in total. The summed E-state index contributed by atoms with van der Waals surface area (Å²) in [7, 11) is 0. The van der Waals surface area contributed by atoms with Crippen LogP contribution < -0.4 is 15.0 Å². The fourth-order valence-electron chi connectivity index (χ4n) is 6.42. The summed E-state index contributed by atoms with van der Waals surface area (Å²) in [5.41, 5.74) is 1.26. The van der Waals surface area contributed by atoms with E-state index >= 15 is 0 Å². The second kappa shape index (κ2) is 6.72. The second-order valence-electron chi connectivity index (χ2n) is 9.37. The van der Waals surface area contributed by atoms with Gasteiger partial charge in [-0.3, -0.25) is 4.79 Å². The normalized spacial score (nSPS) is 30.8. The van der Waals surface area contributed by atoms with Crippen molar-refractivity contribution in [3.63, 3.8) is 0 Å². The number of nitrogens with one attached hydrogen (secondary N) is 2. The third-order valence-corrected chi connectivity index (χ3v) is 7.04. The summed E-state index contributed by atoms with van der Waals surface area (Å²) in [4.78, 5) is 16.3. The van der Waals surface area contributed by atoms with Gasteiger partial charge in [0.15, 0.2) is 12.1 Å². The van der Waals surface area contributed by atoms with E-state index in [-0.39, 0.29) is 18.0 Å². The molecular weight excluding hydrogens is 381 g/mol. The fraction of sp³-hybridized carbons (Fsp3) is 0.619. The zero-order chi connectivity index (χ0) is 20.2. The van der Waals surface area contributed by atoms with Crippen molar-refractivity contribution in [1.82, 2.24) is 10.3 Å². The largest absolute Gasteiger partial charge is 0.438 e. The van der Waals surface area contributed by atoms with E-state index in [1.807, 2.05) is 18.2 Å². The Bertz CT molecular complexity index is 900. The summed E-state index contributed by atoms with van der Waals surface area (Å²) >= 11 is 0. The van der Waals surface area contributed by atoms with Gasteiger partial charge in [-0.25, -0.2) is 4.98 Å². The summed E-state index contributed by atoms with van der Waals surface area (Å²) in [5.74, 6) is 2.41. The third kappa shape index (κ3) is 3.63. The zero-order valence-corrected chi connectivity index (χ0v) is 16.3. The number of amides is 1. The van der Waals surface area contributed by atoms with Crippen LogP contribution in [0.5, 0.6) is 0 Å². The second-order valence-corrected chi connectivity index (χ2v) is 9.37. The Morgan fingerprint density at radius 3 is 2.45 bits per heavy atom. The van der Waals surface area contributed by atoms with E-state index in [2.05, 4.69) is 10.3 Å². The topological polar surface area (TPSA) is 65.6 Å². The summed E-state index contributed by atoms with van der Waals surface area (Å²) < 4.78 is 39.3. The van der Waals surface area contributed by atoms with Crippen molar-refractivity contribution in [1.29, 1.82) is 0 Å². The molecule has 4 bridgehead atoms. The summed E-state index contributed by atoms with van der Waals surface area (Å²) in [5, 5.41) is 4.55. The highest BCUT2D eigenvalue weighted by atomic mass is 19.4. The number of aromatic nitrogens is 2. The van der Waals surface area contributed by atoms with Crippen LogP contribution in [0.3, 0.4) is 0 Å². The first-order valence-electron chi connectivity index (χ1n) is 10.5. The molecule has 4 N–H and O–H groups in total. The van der Waals surface area contributed by atoms with Gasteiger partial charge in [0, 0.05) is 5.54 Å². The smallest absolute Gasteiger partial charge is 0.340 e. The number of pyridine rings is 1. The summed E-state index contributed by atoms with van der Waals surface area (Å²) in [6.45, 7) is -0.808. The first kappa shape index (κ1) is 18.9. The van der Waals surface area contributed by atoms with Crippen LogP contribution in [-0.2, 0) is 6.54 Å². The SMILES string of the molecule is O=C(NC12CC3CC(CC(C3)C1)C2)c1[nH]c(C[NH2+]CC(F)(F)F)c2cccc[n+]12. The van der Waals surface area contributed by atoms with Crippen LogP contribution in [0, 0.1) is 17.8 Å². The standard InChI is InChI=1S/C21H25F3N4O/c22-21(23,24)12-25-11-16-17-3-1-2-4-28(17)18(26-16)19(29)27-20-8-13-5-14(9-20)7-15(6-13)10-20/h1-4,13-15,25H,5-12H2,(H,27,29)/p+2. The number of hydrogen-bond donors (Lipinski definition) is 3. The van der Waals surface area contributed by atoms with E-state index in [1.165, 1.54) is 24.6 Å². The Balaban J connectivity index is 1.38. The number of quaternary nitrogens is 1. The van der Waals surface area contributed by atoms with E-state index in [4.69, 9.17) is 0 Å². The van der Waals surface area contributed by atoms with Crippen LogP contribution in [0.25, 0.3) is 5.52 Å². The van der Waals surface area contributed by atoms with E-state index in [0.717, 1.165) is 42.5 Å². The highest BCUT2D eigenvalue weighted by Crippen LogP contribution is 2.55.